The van der Waals surface area contributed by atoms with E-state index in [2.05, 4.69) is 15.0 Å². The van der Waals surface area contributed by atoms with Crippen molar-refractivity contribution in [3.63, 3.8) is 0 Å². The van der Waals surface area contributed by atoms with Gasteiger partial charge in [-0.05, 0) is 49.1 Å². The van der Waals surface area contributed by atoms with Crippen LogP contribution in [-0.4, -0.2) is 30.5 Å². The summed E-state index contributed by atoms with van der Waals surface area (Å²) in [5.74, 6) is -0.296. The minimum absolute atomic E-state index is 0.0202. The van der Waals surface area contributed by atoms with Crippen LogP contribution in [0.25, 0.3) is 0 Å². The monoisotopic (exact) mass is 375 g/mol. The molecule has 0 spiro atoms. The molecule has 1 aliphatic rings. The molecule has 0 radical (unpaired) electrons. The van der Waals surface area contributed by atoms with Gasteiger partial charge in [0.15, 0.2) is 0 Å². The third-order valence-electron chi connectivity index (χ3n) is 4.37. The van der Waals surface area contributed by atoms with E-state index in [4.69, 9.17) is 0 Å². The summed E-state index contributed by atoms with van der Waals surface area (Å²) >= 11 is 0. The first-order valence-corrected chi connectivity index (χ1v) is 9.82. The molecular weight excluding hydrogens is 354 g/mol. The highest BCUT2D eigenvalue weighted by molar-refractivity contribution is 7.89. The van der Waals surface area contributed by atoms with Gasteiger partial charge < -0.3 is 10.4 Å². The van der Waals surface area contributed by atoms with Crippen molar-refractivity contribution < 1.29 is 18.3 Å². The predicted octanol–water partition coefficient (Wildman–Crippen LogP) is 1.83. The van der Waals surface area contributed by atoms with Gasteiger partial charge in [-0.2, -0.15) is 0 Å². The van der Waals surface area contributed by atoms with Gasteiger partial charge >= 0.3 is 0 Å². The highest BCUT2D eigenvalue weighted by atomic mass is 32.2. The highest BCUT2D eigenvalue weighted by Gasteiger charge is 2.37. The molecule has 138 valence electrons. The van der Waals surface area contributed by atoms with Crippen LogP contribution in [0.2, 0.25) is 0 Å². The summed E-state index contributed by atoms with van der Waals surface area (Å²) in [6.07, 6.45) is 2.26. The van der Waals surface area contributed by atoms with Crippen LogP contribution in [0.3, 0.4) is 0 Å². The summed E-state index contributed by atoms with van der Waals surface area (Å²) < 4.78 is 28.4. The summed E-state index contributed by atoms with van der Waals surface area (Å²) in [4.78, 5) is 15.5. The Kier molecular flexibility index (Phi) is 5.36. The van der Waals surface area contributed by atoms with E-state index in [1.165, 1.54) is 19.1 Å². The number of hydrogen-bond donors (Lipinski definition) is 3. The van der Waals surface area contributed by atoms with E-state index in [1.807, 2.05) is 0 Å². The maximum atomic E-state index is 12.9. The third-order valence-corrected chi connectivity index (χ3v) is 5.81. The summed E-state index contributed by atoms with van der Waals surface area (Å²) in [7, 11) is -3.83. The molecule has 0 unspecified atom stereocenters. The summed E-state index contributed by atoms with van der Waals surface area (Å²) in [6.45, 7) is 1.36. The maximum Gasteiger partial charge on any atom is 0.241 e. The van der Waals surface area contributed by atoms with Gasteiger partial charge in [-0.25, -0.2) is 13.1 Å². The van der Waals surface area contributed by atoms with Crippen LogP contribution >= 0.6 is 0 Å². The SMILES string of the molecule is CC(=O)Nc1cccc(S(=O)(=O)N[C@@H](c2ccccn2)C2CC(O)C2)c1. The number of hydrogen-bond acceptors (Lipinski definition) is 5. The Bertz CT molecular complexity index is 880. The fourth-order valence-corrected chi connectivity index (χ4v) is 4.36. The topological polar surface area (TPSA) is 108 Å². The molecule has 26 heavy (non-hydrogen) atoms. The zero-order valence-corrected chi connectivity index (χ0v) is 15.1. The van der Waals surface area contributed by atoms with Crippen molar-refractivity contribution in [3.8, 4) is 0 Å². The Morgan fingerprint density at radius 1 is 1.23 bits per heavy atom. The van der Waals surface area contributed by atoms with Crippen LogP contribution in [-0.2, 0) is 14.8 Å². The first-order valence-electron chi connectivity index (χ1n) is 8.34. The molecule has 0 bridgehead atoms. The number of aliphatic hydroxyl groups excluding tert-OH is 1. The number of sulfonamides is 1. The number of nitrogens with one attached hydrogen (secondary N) is 2. The van der Waals surface area contributed by atoms with Gasteiger partial charge in [0.2, 0.25) is 15.9 Å². The molecule has 0 saturated heterocycles. The number of aliphatic hydroxyl groups is 1. The van der Waals surface area contributed by atoms with E-state index < -0.39 is 22.2 Å². The quantitative estimate of drug-likeness (QED) is 0.714. The average molecular weight is 375 g/mol. The van der Waals surface area contributed by atoms with Crippen molar-refractivity contribution in [3.05, 3.63) is 54.4 Å². The van der Waals surface area contributed by atoms with E-state index in [9.17, 15) is 18.3 Å². The van der Waals surface area contributed by atoms with E-state index in [0.29, 0.717) is 24.2 Å². The molecule has 1 aromatic carbocycles. The number of rotatable bonds is 6. The number of anilines is 1. The molecule has 1 heterocycles. The Morgan fingerprint density at radius 3 is 2.62 bits per heavy atom. The van der Waals surface area contributed by atoms with Gasteiger partial charge in [-0.1, -0.05) is 12.1 Å². The number of benzene rings is 1. The second-order valence-electron chi connectivity index (χ2n) is 6.45. The van der Waals surface area contributed by atoms with E-state index in [-0.39, 0.29) is 16.7 Å². The van der Waals surface area contributed by atoms with Gasteiger partial charge in [0.1, 0.15) is 0 Å². The predicted molar refractivity (Wildman–Crippen MR) is 96.8 cm³/mol. The highest BCUT2D eigenvalue weighted by Crippen LogP contribution is 2.38. The van der Waals surface area contributed by atoms with Crippen LogP contribution in [0.15, 0.2) is 53.6 Å². The number of nitrogens with zero attached hydrogens (tertiary/aromatic N) is 1. The zero-order chi connectivity index (χ0) is 18.7. The lowest BCUT2D eigenvalue weighted by molar-refractivity contribution is -0.114. The molecule has 0 aliphatic heterocycles. The smallest absolute Gasteiger partial charge is 0.241 e. The lowest BCUT2D eigenvalue weighted by atomic mass is 9.76. The second kappa shape index (κ2) is 7.53. The maximum absolute atomic E-state index is 12.9. The molecule has 3 N–H and O–H groups in total. The molecule has 1 amide bonds. The summed E-state index contributed by atoms with van der Waals surface area (Å²) in [5, 5.41) is 12.2. The van der Waals surface area contributed by atoms with E-state index in [0.717, 1.165) is 0 Å². The molecule has 2 aromatic rings. The standard InChI is InChI=1S/C18H21N3O4S/c1-12(22)20-14-5-4-6-16(11-14)26(24,25)21-18(13-9-15(23)10-13)17-7-2-3-8-19-17/h2-8,11,13,15,18,21,23H,9-10H2,1H3,(H,20,22)/t13?,15?,18-/m1/s1. The summed E-state index contributed by atoms with van der Waals surface area (Å²) in [6, 6.07) is 10.9. The van der Waals surface area contributed by atoms with Gasteiger partial charge in [0.25, 0.3) is 0 Å². The van der Waals surface area contributed by atoms with Gasteiger partial charge in [-0.15, -0.1) is 0 Å². The fraction of sp³-hybridized carbons (Fsp3) is 0.333. The largest absolute Gasteiger partial charge is 0.393 e. The van der Waals surface area contributed by atoms with Crippen LogP contribution in [0.5, 0.6) is 0 Å². The number of carbonyl (C=O) groups excluding carboxylic acids is 1. The number of carbonyl (C=O) groups is 1. The number of amides is 1. The third kappa shape index (κ3) is 4.27. The van der Waals surface area contributed by atoms with E-state index >= 15 is 0 Å². The minimum Gasteiger partial charge on any atom is -0.393 e. The Hall–Kier alpha value is -2.29. The normalized spacial score (nSPS) is 20.8. The second-order valence-corrected chi connectivity index (χ2v) is 8.16. The Labute approximate surface area is 152 Å². The van der Waals surface area contributed by atoms with Crippen molar-refractivity contribution in [1.29, 1.82) is 0 Å². The number of pyridine rings is 1. The average Bonchev–Trinajstić information content (AvgIpc) is 2.58. The van der Waals surface area contributed by atoms with Crippen LogP contribution in [0.4, 0.5) is 5.69 Å². The van der Waals surface area contributed by atoms with Crippen LogP contribution in [0.1, 0.15) is 31.5 Å². The first kappa shape index (κ1) is 18.5. The first-order chi connectivity index (χ1) is 12.3. The summed E-state index contributed by atoms with van der Waals surface area (Å²) in [5.41, 5.74) is 1.03. The molecule has 1 atom stereocenters. The zero-order valence-electron chi connectivity index (χ0n) is 14.3. The Morgan fingerprint density at radius 2 is 2.00 bits per heavy atom. The van der Waals surface area contributed by atoms with Gasteiger partial charge in [0, 0.05) is 18.8 Å². The minimum atomic E-state index is -3.83. The van der Waals surface area contributed by atoms with Crippen molar-refractivity contribution >= 4 is 21.6 Å². The lowest BCUT2D eigenvalue weighted by Gasteiger charge is -2.37. The molecule has 1 aromatic heterocycles. The van der Waals surface area contributed by atoms with Crippen LogP contribution < -0.4 is 10.0 Å². The molecule has 7 nitrogen and oxygen atoms in total. The lowest BCUT2D eigenvalue weighted by Crippen LogP contribution is -2.41. The van der Waals surface area contributed by atoms with Crippen molar-refractivity contribution in [1.82, 2.24) is 9.71 Å². The van der Waals surface area contributed by atoms with Crippen LogP contribution in [0, 0.1) is 5.92 Å². The molecule has 3 rings (SSSR count). The van der Waals surface area contributed by atoms with Crippen molar-refractivity contribution in [2.24, 2.45) is 5.92 Å². The molecule has 1 saturated carbocycles. The van der Waals surface area contributed by atoms with Gasteiger partial charge in [0.05, 0.1) is 22.7 Å². The fourth-order valence-electron chi connectivity index (χ4n) is 3.04. The molecule has 1 aliphatic carbocycles. The Balaban J connectivity index is 1.87. The number of aromatic nitrogens is 1. The van der Waals surface area contributed by atoms with Crippen molar-refractivity contribution in [2.75, 3.05) is 5.32 Å². The van der Waals surface area contributed by atoms with Crippen molar-refractivity contribution in [2.45, 2.75) is 36.8 Å². The van der Waals surface area contributed by atoms with E-state index in [1.54, 1.807) is 36.5 Å². The van der Waals surface area contributed by atoms with Gasteiger partial charge in [-0.3, -0.25) is 9.78 Å². The molecule has 8 heteroatoms. The molecule has 1 fully saturated rings. The molecular formula is C18H21N3O4S.